The second-order valence-electron chi connectivity index (χ2n) is 5.85. The Morgan fingerprint density at radius 2 is 1.17 bits per heavy atom. The molecule has 0 radical (unpaired) electrons. The topological polar surface area (TPSA) is 18.5 Å². The molecule has 24 heavy (non-hydrogen) atoms. The van der Waals surface area contributed by atoms with Gasteiger partial charge in [0.1, 0.15) is 24.7 Å². The maximum Gasteiger partial charge on any atom is 0.135 e. The first-order chi connectivity index (χ1) is 11.7. The molecule has 0 unspecified atom stereocenters. The molecule has 0 aliphatic carbocycles. The number of hydrogen-bond donors (Lipinski definition) is 0. The molecule has 2 nitrogen and oxygen atoms in total. The van der Waals surface area contributed by atoms with Crippen molar-refractivity contribution in [1.29, 1.82) is 0 Å². The van der Waals surface area contributed by atoms with Gasteiger partial charge in [0.2, 0.25) is 0 Å². The highest BCUT2D eigenvalue weighted by Crippen LogP contribution is 2.45. The van der Waals surface area contributed by atoms with E-state index in [-0.39, 0.29) is 0 Å². The third kappa shape index (κ3) is 2.65. The fourth-order valence-electron chi connectivity index (χ4n) is 3.17. The highest BCUT2D eigenvalue weighted by atomic mass is 16.5. The highest BCUT2D eigenvalue weighted by molar-refractivity contribution is 6.13. The van der Waals surface area contributed by atoms with Gasteiger partial charge in [0.05, 0.1) is 0 Å². The van der Waals surface area contributed by atoms with Gasteiger partial charge < -0.3 is 9.47 Å². The van der Waals surface area contributed by atoms with E-state index in [1.807, 2.05) is 0 Å². The standard InChI is InChI=1S/C22H22O2/c1-5-13-23-21-17-11-7-10-16(4)20(17)22(24-14-6-2)18-12-8-9-15(3)19(18)21/h5-12H,1-2,13-14H2,3-4H3. The SMILES string of the molecule is C=CCOc1c2cccc(C)c2c(OCC=C)c2cccc(C)c12. The summed E-state index contributed by atoms with van der Waals surface area (Å²) in [6, 6.07) is 12.5. The lowest BCUT2D eigenvalue weighted by Gasteiger charge is -2.19. The zero-order valence-electron chi connectivity index (χ0n) is 14.3. The molecule has 0 atom stereocenters. The average molecular weight is 318 g/mol. The lowest BCUT2D eigenvalue weighted by atomic mass is 9.95. The second kappa shape index (κ2) is 6.79. The van der Waals surface area contributed by atoms with E-state index in [4.69, 9.17) is 9.47 Å². The van der Waals surface area contributed by atoms with E-state index in [0.717, 1.165) is 33.0 Å². The Kier molecular flexibility index (Phi) is 4.57. The fraction of sp³-hybridized carbons (Fsp3) is 0.182. The van der Waals surface area contributed by atoms with Crippen molar-refractivity contribution in [3.63, 3.8) is 0 Å². The van der Waals surface area contributed by atoms with Crippen LogP contribution in [0.15, 0.2) is 61.7 Å². The minimum atomic E-state index is 0.472. The van der Waals surface area contributed by atoms with Gasteiger partial charge >= 0.3 is 0 Å². The molecular weight excluding hydrogens is 296 g/mol. The van der Waals surface area contributed by atoms with Crippen molar-refractivity contribution < 1.29 is 9.47 Å². The summed E-state index contributed by atoms with van der Waals surface area (Å²) in [5, 5.41) is 4.32. The zero-order valence-corrected chi connectivity index (χ0v) is 14.3. The summed E-state index contributed by atoms with van der Waals surface area (Å²) in [6.45, 7) is 12.7. The molecule has 3 aromatic rings. The van der Waals surface area contributed by atoms with Crippen LogP contribution in [-0.2, 0) is 0 Å². The van der Waals surface area contributed by atoms with E-state index in [2.05, 4.69) is 63.4 Å². The smallest absolute Gasteiger partial charge is 0.135 e. The highest BCUT2D eigenvalue weighted by Gasteiger charge is 2.18. The van der Waals surface area contributed by atoms with Gasteiger partial charge in [-0.2, -0.15) is 0 Å². The van der Waals surface area contributed by atoms with Crippen LogP contribution < -0.4 is 9.47 Å². The first kappa shape index (κ1) is 16.1. The molecule has 0 aliphatic heterocycles. The summed E-state index contributed by atoms with van der Waals surface area (Å²) < 4.78 is 12.2. The van der Waals surface area contributed by atoms with Gasteiger partial charge in [-0.15, -0.1) is 0 Å². The van der Waals surface area contributed by atoms with E-state index >= 15 is 0 Å². The van der Waals surface area contributed by atoms with Crippen LogP contribution in [0, 0.1) is 13.8 Å². The van der Waals surface area contributed by atoms with E-state index < -0.39 is 0 Å². The molecular formula is C22H22O2. The molecule has 0 bridgehead atoms. The molecule has 0 amide bonds. The largest absolute Gasteiger partial charge is 0.488 e. The van der Waals surface area contributed by atoms with Crippen molar-refractivity contribution >= 4 is 21.5 Å². The van der Waals surface area contributed by atoms with Crippen molar-refractivity contribution in [3.8, 4) is 11.5 Å². The van der Waals surface area contributed by atoms with Crippen LogP contribution >= 0.6 is 0 Å². The van der Waals surface area contributed by atoms with Crippen LogP contribution in [0.3, 0.4) is 0 Å². The molecule has 0 saturated heterocycles. The Morgan fingerprint density at radius 3 is 1.54 bits per heavy atom. The summed E-state index contributed by atoms with van der Waals surface area (Å²) in [5.74, 6) is 1.79. The summed E-state index contributed by atoms with van der Waals surface area (Å²) in [6.07, 6.45) is 3.54. The summed E-state index contributed by atoms with van der Waals surface area (Å²) in [5.41, 5.74) is 2.33. The first-order valence-corrected chi connectivity index (χ1v) is 8.11. The number of ether oxygens (including phenoxy) is 2. The van der Waals surface area contributed by atoms with Crippen LogP contribution in [0.4, 0.5) is 0 Å². The van der Waals surface area contributed by atoms with Crippen LogP contribution in [-0.4, -0.2) is 13.2 Å². The minimum Gasteiger partial charge on any atom is -0.488 e. The molecule has 0 spiro atoms. The summed E-state index contributed by atoms with van der Waals surface area (Å²) in [4.78, 5) is 0. The van der Waals surface area contributed by atoms with E-state index in [9.17, 15) is 0 Å². The Labute approximate surface area is 143 Å². The third-order valence-electron chi connectivity index (χ3n) is 4.18. The predicted octanol–water partition coefficient (Wildman–Crippen LogP) is 5.74. The van der Waals surface area contributed by atoms with Crippen LogP contribution in [0.5, 0.6) is 11.5 Å². The molecule has 2 heteroatoms. The number of fused-ring (bicyclic) bond motifs is 2. The molecule has 0 N–H and O–H groups in total. The monoisotopic (exact) mass is 318 g/mol. The first-order valence-electron chi connectivity index (χ1n) is 8.11. The lowest BCUT2D eigenvalue weighted by Crippen LogP contribution is -2.01. The Morgan fingerprint density at radius 1 is 0.750 bits per heavy atom. The molecule has 0 heterocycles. The van der Waals surface area contributed by atoms with Gasteiger partial charge in [-0.05, 0) is 25.0 Å². The number of benzene rings is 3. The minimum absolute atomic E-state index is 0.472. The number of rotatable bonds is 6. The van der Waals surface area contributed by atoms with E-state index in [1.165, 1.54) is 11.1 Å². The van der Waals surface area contributed by atoms with E-state index in [1.54, 1.807) is 12.2 Å². The third-order valence-corrected chi connectivity index (χ3v) is 4.18. The maximum absolute atomic E-state index is 6.08. The Bertz CT molecular complexity index is 845. The van der Waals surface area contributed by atoms with Crippen molar-refractivity contribution in [2.45, 2.75) is 13.8 Å². The van der Waals surface area contributed by atoms with Crippen molar-refractivity contribution in [2.24, 2.45) is 0 Å². The molecule has 3 rings (SSSR count). The van der Waals surface area contributed by atoms with Crippen molar-refractivity contribution in [1.82, 2.24) is 0 Å². The number of hydrogen-bond acceptors (Lipinski definition) is 2. The fourth-order valence-corrected chi connectivity index (χ4v) is 3.17. The average Bonchev–Trinajstić information content (AvgIpc) is 2.58. The van der Waals surface area contributed by atoms with Gasteiger partial charge in [0.25, 0.3) is 0 Å². The number of aryl methyl sites for hydroxylation is 2. The predicted molar refractivity (Wildman–Crippen MR) is 102 cm³/mol. The molecule has 122 valence electrons. The normalized spacial score (nSPS) is 10.8. The molecule has 0 aromatic heterocycles. The molecule has 0 saturated carbocycles. The lowest BCUT2D eigenvalue weighted by molar-refractivity contribution is 0.365. The second-order valence-corrected chi connectivity index (χ2v) is 5.85. The quantitative estimate of drug-likeness (QED) is 0.426. The Balaban J connectivity index is 2.48. The summed E-state index contributed by atoms with van der Waals surface area (Å²) in [7, 11) is 0. The van der Waals surface area contributed by atoms with Gasteiger partial charge in [-0.1, -0.05) is 61.7 Å². The Hall–Kier alpha value is -2.74. The van der Waals surface area contributed by atoms with Gasteiger partial charge in [0, 0.05) is 21.5 Å². The van der Waals surface area contributed by atoms with Crippen LogP contribution in [0.25, 0.3) is 21.5 Å². The van der Waals surface area contributed by atoms with Crippen molar-refractivity contribution in [3.05, 3.63) is 72.8 Å². The maximum atomic E-state index is 6.08. The molecule has 0 fully saturated rings. The van der Waals surface area contributed by atoms with Crippen molar-refractivity contribution in [2.75, 3.05) is 13.2 Å². The van der Waals surface area contributed by atoms with Gasteiger partial charge in [-0.3, -0.25) is 0 Å². The zero-order chi connectivity index (χ0) is 17.1. The van der Waals surface area contributed by atoms with Crippen LogP contribution in [0.1, 0.15) is 11.1 Å². The van der Waals surface area contributed by atoms with E-state index in [0.29, 0.717) is 13.2 Å². The molecule has 0 aliphatic rings. The van der Waals surface area contributed by atoms with Gasteiger partial charge in [-0.25, -0.2) is 0 Å². The molecule has 3 aromatic carbocycles. The van der Waals surface area contributed by atoms with Crippen LogP contribution in [0.2, 0.25) is 0 Å². The van der Waals surface area contributed by atoms with Gasteiger partial charge in [0.15, 0.2) is 0 Å². The summed E-state index contributed by atoms with van der Waals surface area (Å²) >= 11 is 0.